The summed E-state index contributed by atoms with van der Waals surface area (Å²) in [7, 11) is 0. The number of benzene rings is 2. The van der Waals surface area contributed by atoms with Gasteiger partial charge in [0, 0.05) is 29.8 Å². The van der Waals surface area contributed by atoms with Gasteiger partial charge in [-0.15, -0.1) is 0 Å². The zero-order valence-electron chi connectivity index (χ0n) is 16.1. The molecule has 5 heteroatoms. The fourth-order valence-corrected chi connectivity index (χ4v) is 3.60. The van der Waals surface area contributed by atoms with Crippen LogP contribution in [0.5, 0.6) is 0 Å². The third-order valence-electron chi connectivity index (χ3n) is 4.95. The molecule has 0 aliphatic rings. The smallest absolute Gasteiger partial charge is 0.195 e. The van der Waals surface area contributed by atoms with Crippen LogP contribution in [0.4, 0.5) is 4.39 Å². The van der Waals surface area contributed by atoms with E-state index < -0.39 is 5.82 Å². The molecule has 0 saturated heterocycles. The van der Waals surface area contributed by atoms with Gasteiger partial charge >= 0.3 is 0 Å². The Bertz CT molecular complexity index is 1260. The Kier molecular flexibility index (Phi) is 4.80. The standard InChI is InChI=1S/C24H19FN2O2/c1-14-6-7-18(25)12-20(14)23(29)21-13-27-24-22(21)19(8-9-26-24)17-5-3-4-16(11-17)10-15(2)28/h3-9,11-13H,10H2,1-2H3,(H,26,27). The lowest BCUT2D eigenvalue weighted by molar-refractivity contribution is -0.116. The molecule has 0 spiro atoms. The Morgan fingerprint density at radius 2 is 1.90 bits per heavy atom. The van der Waals surface area contributed by atoms with Crippen molar-refractivity contribution in [2.24, 2.45) is 0 Å². The van der Waals surface area contributed by atoms with Gasteiger partial charge in [0.05, 0.1) is 5.56 Å². The highest BCUT2D eigenvalue weighted by Gasteiger charge is 2.20. The van der Waals surface area contributed by atoms with Crippen molar-refractivity contribution in [1.82, 2.24) is 9.97 Å². The van der Waals surface area contributed by atoms with Crippen LogP contribution in [0.2, 0.25) is 0 Å². The van der Waals surface area contributed by atoms with Gasteiger partial charge < -0.3 is 4.98 Å². The van der Waals surface area contributed by atoms with E-state index in [1.807, 2.05) is 30.3 Å². The van der Waals surface area contributed by atoms with E-state index in [0.29, 0.717) is 34.1 Å². The number of halogens is 1. The maximum atomic E-state index is 13.8. The van der Waals surface area contributed by atoms with Crippen LogP contribution in [0, 0.1) is 12.7 Å². The summed E-state index contributed by atoms with van der Waals surface area (Å²) in [5.74, 6) is -0.627. The molecule has 0 bridgehead atoms. The maximum Gasteiger partial charge on any atom is 0.195 e. The Morgan fingerprint density at radius 1 is 1.07 bits per heavy atom. The maximum absolute atomic E-state index is 13.8. The lowest BCUT2D eigenvalue weighted by Crippen LogP contribution is -2.04. The summed E-state index contributed by atoms with van der Waals surface area (Å²) >= 11 is 0. The van der Waals surface area contributed by atoms with E-state index in [4.69, 9.17) is 0 Å². The van der Waals surface area contributed by atoms with Crippen LogP contribution < -0.4 is 0 Å². The summed E-state index contributed by atoms with van der Waals surface area (Å²) in [5.41, 5.74) is 4.68. The number of aromatic nitrogens is 2. The molecule has 0 aliphatic heterocycles. The number of hydrogen-bond acceptors (Lipinski definition) is 3. The SMILES string of the molecule is CC(=O)Cc1cccc(-c2ccnc3[nH]cc(C(=O)c4cc(F)ccc4C)c23)c1. The number of ketones is 2. The number of carbonyl (C=O) groups is 2. The first-order valence-electron chi connectivity index (χ1n) is 9.29. The minimum Gasteiger partial charge on any atom is -0.345 e. The Balaban J connectivity index is 1.88. The first-order chi connectivity index (χ1) is 13.9. The van der Waals surface area contributed by atoms with Gasteiger partial charge in [0.15, 0.2) is 5.78 Å². The van der Waals surface area contributed by atoms with Crippen LogP contribution in [0.25, 0.3) is 22.2 Å². The summed E-state index contributed by atoms with van der Waals surface area (Å²) in [6.45, 7) is 3.34. The summed E-state index contributed by atoms with van der Waals surface area (Å²) in [5, 5.41) is 0.682. The predicted molar refractivity (Wildman–Crippen MR) is 110 cm³/mol. The second-order valence-electron chi connectivity index (χ2n) is 7.15. The fraction of sp³-hybridized carbons (Fsp3) is 0.125. The molecule has 2 aromatic carbocycles. The van der Waals surface area contributed by atoms with Crippen LogP contribution >= 0.6 is 0 Å². The number of nitrogens with zero attached hydrogens (tertiary/aromatic N) is 1. The minimum atomic E-state index is -0.450. The van der Waals surface area contributed by atoms with E-state index in [1.54, 1.807) is 32.3 Å². The number of pyridine rings is 1. The monoisotopic (exact) mass is 386 g/mol. The second kappa shape index (κ2) is 7.43. The van der Waals surface area contributed by atoms with E-state index >= 15 is 0 Å². The Morgan fingerprint density at radius 3 is 2.69 bits per heavy atom. The highest BCUT2D eigenvalue weighted by molar-refractivity contribution is 6.19. The highest BCUT2D eigenvalue weighted by Crippen LogP contribution is 2.32. The summed E-state index contributed by atoms with van der Waals surface area (Å²) in [6.07, 6.45) is 3.64. The summed E-state index contributed by atoms with van der Waals surface area (Å²) in [6, 6.07) is 13.7. The van der Waals surface area contributed by atoms with Crippen molar-refractivity contribution in [2.45, 2.75) is 20.3 Å². The van der Waals surface area contributed by atoms with Crippen molar-refractivity contribution in [3.8, 4) is 11.1 Å². The number of Topliss-reactive ketones (excluding diaryl/α,β-unsaturated/α-hetero) is 1. The molecule has 0 atom stereocenters. The van der Waals surface area contributed by atoms with Crippen molar-refractivity contribution in [1.29, 1.82) is 0 Å². The van der Waals surface area contributed by atoms with Crippen molar-refractivity contribution < 1.29 is 14.0 Å². The second-order valence-corrected chi connectivity index (χ2v) is 7.15. The molecule has 0 amide bonds. The average Bonchev–Trinajstić information content (AvgIpc) is 3.13. The van der Waals surface area contributed by atoms with E-state index in [-0.39, 0.29) is 11.6 Å². The number of fused-ring (bicyclic) bond motifs is 1. The molecule has 0 aliphatic carbocycles. The third kappa shape index (κ3) is 3.59. The minimum absolute atomic E-state index is 0.0844. The van der Waals surface area contributed by atoms with Gasteiger partial charge in [0.1, 0.15) is 17.2 Å². The number of hydrogen-bond donors (Lipinski definition) is 1. The van der Waals surface area contributed by atoms with Gasteiger partial charge in [-0.05, 0) is 54.3 Å². The number of aromatic amines is 1. The molecule has 1 N–H and O–H groups in total. The third-order valence-corrected chi connectivity index (χ3v) is 4.95. The molecular formula is C24H19FN2O2. The zero-order chi connectivity index (χ0) is 20.5. The number of aryl methyl sites for hydroxylation is 1. The van der Waals surface area contributed by atoms with Crippen LogP contribution in [0.15, 0.2) is 60.9 Å². The quantitative estimate of drug-likeness (QED) is 0.489. The van der Waals surface area contributed by atoms with Crippen LogP contribution in [0.1, 0.15) is 34.0 Å². The van der Waals surface area contributed by atoms with E-state index in [0.717, 1.165) is 16.7 Å². The normalized spacial score (nSPS) is 11.0. The van der Waals surface area contributed by atoms with Gasteiger partial charge in [0.25, 0.3) is 0 Å². The van der Waals surface area contributed by atoms with Crippen LogP contribution in [-0.2, 0) is 11.2 Å². The fourth-order valence-electron chi connectivity index (χ4n) is 3.60. The average molecular weight is 386 g/mol. The molecule has 4 nitrogen and oxygen atoms in total. The predicted octanol–water partition coefficient (Wildman–Crippen LogP) is 5.04. The topological polar surface area (TPSA) is 62.8 Å². The van der Waals surface area contributed by atoms with E-state index in [1.165, 1.54) is 12.1 Å². The lowest BCUT2D eigenvalue weighted by Gasteiger charge is -2.09. The van der Waals surface area contributed by atoms with E-state index in [2.05, 4.69) is 9.97 Å². The van der Waals surface area contributed by atoms with Crippen molar-refractivity contribution in [3.05, 3.63) is 89.0 Å². The van der Waals surface area contributed by atoms with Crippen molar-refractivity contribution in [3.63, 3.8) is 0 Å². The zero-order valence-corrected chi connectivity index (χ0v) is 16.1. The molecule has 2 heterocycles. The van der Waals surface area contributed by atoms with Gasteiger partial charge in [-0.25, -0.2) is 9.37 Å². The Hall–Kier alpha value is -3.60. The Labute approximate surface area is 167 Å². The van der Waals surface area contributed by atoms with E-state index in [9.17, 15) is 14.0 Å². The largest absolute Gasteiger partial charge is 0.345 e. The molecule has 144 valence electrons. The van der Waals surface area contributed by atoms with Crippen LogP contribution in [0.3, 0.4) is 0 Å². The molecule has 0 fully saturated rings. The number of carbonyl (C=O) groups excluding carboxylic acids is 2. The molecule has 4 aromatic rings. The number of rotatable bonds is 5. The highest BCUT2D eigenvalue weighted by atomic mass is 19.1. The van der Waals surface area contributed by atoms with Gasteiger partial charge in [-0.3, -0.25) is 9.59 Å². The molecule has 2 aromatic heterocycles. The molecule has 0 radical (unpaired) electrons. The van der Waals surface area contributed by atoms with Crippen molar-refractivity contribution >= 4 is 22.6 Å². The van der Waals surface area contributed by atoms with Crippen LogP contribution in [-0.4, -0.2) is 21.5 Å². The molecule has 4 rings (SSSR count). The molecular weight excluding hydrogens is 367 g/mol. The van der Waals surface area contributed by atoms with Gasteiger partial charge in [-0.2, -0.15) is 0 Å². The molecule has 29 heavy (non-hydrogen) atoms. The first-order valence-corrected chi connectivity index (χ1v) is 9.29. The number of H-pyrrole nitrogens is 1. The first kappa shape index (κ1) is 18.7. The summed E-state index contributed by atoms with van der Waals surface area (Å²) < 4.78 is 13.8. The lowest BCUT2D eigenvalue weighted by atomic mass is 9.94. The number of nitrogens with one attached hydrogen (secondary N) is 1. The summed E-state index contributed by atoms with van der Waals surface area (Å²) in [4.78, 5) is 32.1. The van der Waals surface area contributed by atoms with Crippen molar-refractivity contribution in [2.75, 3.05) is 0 Å². The van der Waals surface area contributed by atoms with Gasteiger partial charge in [0.2, 0.25) is 0 Å². The molecule has 0 saturated carbocycles. The molecule has 0 unspecified atom stereocenters. The van der Waals surface area contributed by atoms with Gasteiger partial charge in [-0.1, -0.05) is 30.3 Å².